The van der Waals surface area contributed by atoms with Gasteiger partial charge in [-0.1, -0.05) is 42.5 Å². The van der Waals surface area contributed by atoms with E-state index in [0.29, 0.717) is 53.1 Å². The van der Waals surface area contributed by atoms with Crippen LogP contribution in [0.1, 0.15) is 50.3 Å². The summed E-state index contributed by atoms with van der Waals surface area (Å²) in [5.41, 5.74) is 2.67. The number of sulfone groups is 1. The summed E-state index contributed by atoms with van der Waals surface area (Å²) in [5.74, 6) is 0.499. The number of nitrogens with zero attached hydrogens (tertiary/aromatic N) is 4. The molecule has 0 spiro atoms. The van der Waals surface area contributed by atoms with Crippen LogP contribution >= 0.6 is 0 Å². The number of anilines is 1. The Morgan fingerprint density at radius 3 is 2.54 bits per heavy atom. The third kappa shape index (κ3) is 8.54. The molecule has 3 aromatic carbocycles. The maximum Gasteiger partial charge on any atom is 0.410 e. The molecule has 2 aromatic heterocycles. The molecule has 10 nitrogen and oxygen atoms in total. The number of benzene rings is 3. The van der Waals surface area contributed by atoms with Gasteiger partial charge in [0, 0.05) is 36.9 Å². The lowest BCUT2D eigenvalue weighted by molar-refractivity contribution is 0.0206. The quantitative estimate of drug-likeness (QED) is 0.164. The Hall–Kier alpha value is -5.10. The van der Waals surface area contributed by atoms with Crippen molar-refractivity contribution in [1.82, 2.24) is 19.9 Å². The molecule has 0 bridgehead atoms. The highest BCUT2D eigenvalue weighted by molar-refractivity contribution is 7.89. The standard InChI is InChI=1S/C38H40FN5O5S/c1-25-12-17-30-27(24-50(46,47)23-26-13-15-28(39)16-14-26)8-5-10-31(30)34(25)48-35-32(11-6-19-40-35)33-18-20-41-36(43-33)42-29-9-7-21-44(22-29)37(45)49-38(2,3)4/h5-6,8,10-20,29H,7,9,21-24H2,1-4H3,(H,41,42,43)/t29-/m0/s1. The Bertz CT molecular complexity index is 2120. The second kappa shape index (κ2) is 14.4. The Balaban J connectivity index is 1.23. The van der Waals surface area contributed by atoms with E-state index in [9.17, 15) is 17.6 Å². The minimum absolute atomic E-state index is 0.0526. The van der Waals surface area contributed by atoms with E-state index in [1.165, 1.54) is 24.3 Å². The van der Waals surface area contributed by atoms with Crippen LogP contribution in [0.2, 0.25) is 0 Å². The summed E-state index contributed by atoms with van der Waals surface area (Å²) in [6, 6.07) is 20.2. The first kappa shape index (κ1) is 34.8. The van der Waals surface area contributed by atoms with Gasteiger partial charge in [-0.25, -0.2) is 32.6 Å². The first-order chi connectivity index (χ1) is 23.8. The molecule has 12 heteroatoms. The van der Waals surface area contributed by atoms with Crippen LogP contribution in [0.3, 0.4) is 0 Å². The average molecular weight is 698 g/mol. The van der Waals surface area contributed by atoms with Gasteiger partial charge >= 0.3 is 6.09 Å². The lowest BCUT2D eigenvalue weighted by atomic mass is 10.0. The molecule has 0 radical (unpaired) electrons. The van der Waals surface area contributed by atoms with Gasteiger partial charge in [0.2, 0.25) is 11.8 Å². The molecule has 1 aliphatic rings. The van der Waals surface area contributed by atoms with Gasteiger partial charge in [0.1, 0.15) is 17.2 Å². The zero-order valence-electron chi connectivity index (χ0n) is 28.5. The van der Waals surface area contributed by atoms with Crippen molar-refractivity contribution >= 4 is 32.7 Å². The molecule has 1 saturated heterocycles. The number of pyridine rings is 1. The van der Waals surface area contributed by atoms with Crippen LogP contribution in [-0.4, -0.2) is 59.1 Å². The van der Waals surface area contributed by atoms with E-state index in [-0.39, 0.29) is 23.6 Å². The number of carbonyl (C=O) groups excluding carboxylic acids is 1. The molecule has 0 saturated carbocycles. The van der Waals surface area contributed by atoms with Crippen molar-refractivity contribution in [3.63, 3.8) is 0 Å². The largest absolute Gasteiger partial charge is 0.444 e. The molecular formula is C38H40FN5O5S. The van der Waals surface area contributed by atoms with Crippen molar-refractivity contribution in [2.75, 3.05) is 18.4 Å². The van der Waals surface area contributed by atoms with Crippen LogP contribution in [-0.2, 0) is 26.1 Å². The normalized spacial score (nSPS) is 15.1. The van der Waals surface area contributed by atoms with Crippen LogP contribution in [0.5, 0.6) is 11.6 Å². The van der Waals surface area contributed by atoms with E-state index in [1.54, 1.807) is 35.5 Å². The first-order valence-electron chi connectivity index (χ1n) is 16.5. The maximum absolute atomic E-state index is 13.4. The number of likely N-dealkylation sites (tertiary alicyclic amines) is 1. The summed E-state index contributed by atoms with van der Waals surface area (Å²) < 4.78 is 51.9. The second-order valence-electron chi connectivity index (χ2n) is 13.5. The van der Waals surface area contributed by atoms with E-state index >= 15 is 0 Å². The van der Waals surface area contributed by atoms with Gasteiger partial charge in [-0.3, -0.25) is 0 Å². The predicted molar refractivity (Wildman–Crippen MR) is 191 cm³/mol. The van der Waals surface area contributed by atoms with Gasteiger partial charge < -0.3 is 19.7 Å². The SMILES string of the molecule is Cc1ccc2c(CS(=O)(=O)Cc3ccc(F)cc3)cccc2c1Oc1ncccc1-c1ccnc(N[C@H]2CCCN(C(=O)OC(C)(C)C)C2)n1. The highest BCUT2D eigenvalue weighted by Crippen LogP contribution is 2.38. The fourth-order valence-corrected chi connectivity index (χ4v) is 7.53. The molecule has 50 heavy (non-hydrogen) atoms. The predicted octanol–water partition coefficient (Wildman–Crippen LogP) is 7.86. The van der Waals surface area contributed by atoms with E-state index in [0.717, 1.165) is 29.2 Å². The van der Waals surface area contributed by atoms with Crippen LogP contribution < -0.4 is 10.1 Å². The molecular weight excluding hydrogens is 658 g/mol. The summed E-state index contributed by atoms with van der Waals surface area (Å²) in [7, 11) is -3.57. The highest BCUT2D eigenvalue weighted by atomic mass is 32.2. The van der Waals surface area contributed by atoms with Gasteiger partial charge in [-0.2, -0.15) is 0 Å². The highest BCUT2D eigenvalue weighted by Gasteiger charge is 2.28. The lowest BCUT2D eigenvalue weighted by Crippen LogP contribution is -2.47. The first-order valence-corrected chi connectivity index (χ1v) is 18.3. The molecule has 1 fully saturated rings. The number of fused-ring (bicyclic) bond motifs is 1. The molecule has 0 aliphatic carbocycles. The monoisotopic (exact) mass is 697 g/mol. The molecule has 1 amide bonds. The minimum atomic E-state index is -3.57. The van der Waals surface area contributed by atoms with Gasteiger partial charge in [0.25, 0.3) is 0 Å². The molecule has 1 aliphatic heterocycles. The third-order valence-corrected chi connectivity index (χ3v) is 9.81. The minimum Gasteiger partial charge on any atom is -0.444 e. The Labute approximate surface area is 291 Å². The van der Waals surface area contributed by atoms with Crippen molar-refractivity contribution in [2.45, 2.75) is 63.7 Å². The van der Waals surface area contributed by atoms with Gasteiger partial charge in [0.15, 0.2) is 9.84 Å². The van der Waals surface area contributed by atoms with Crippen molar-refractivity contribution in [3.8, 4) is 22.9 Å². The topological polar surface area (TPSA) is 124 Å². The lowest BCUT2D eigenvalue weighted by Gasteiger charge is -2.34. The number of ether oxygens (including phenoxy) is 2. The summed E-state index contributed by atoms with van der Waals surface area (Å²) in [6.07, 6.45) is 4.64. The van der Waals surface area contributed by atoms with E-state index in [2.05, 4.69) is 15.3 Å². The summed E-state index contributed by atoms with van der Waals surface area (Å²) in [5, 5.41) is 4.87. The van der Waals surface area contributed by atoms with Crippen molar-refractivity contribution in [1.29, 1.82) is 0 Å². The number of carbonyl (C=O) groups is 1. The number of aryl methyl sites for hydroxylation is 1. The summed E-state index contributed by atoms with van der Waals surface area (Å²) in [6.45, 7) is 8.58. The summed E-state index contributed by atoms with van der Waals surface area (Å²) >= 11 is 0. The Kier molecular flexibility index (Phi) is 10.0. The zero-order valence-corrected chi connectivity index (χ0v) is 29.3. The Morgan fingerprint density at radius 2 is 1.76 bits per heavy atom. The van der Waals surface area contributed by atoms with Crippen LogP contribution in [0.15, 0.2) is 85.2 Å². The number of aromatic nitrogens is 3. The van der Waals surface area contributed by atoms with Gasteiger partial charge in [-0.05, 0) is 92.9 Å². The number of amides is 1. The molecule has 6 rings (SSSR count). The Morgan fingerprint density at radius 1 is 0.960 bits per heavy atom. The number of hydrogen-bond acceptors (Lipinski definition) is 9. The van der Waals surface area contributed by atoms with E-state index < -0.39 is 21.3 Å². The number of piperidine rings is 1. The van der Waals surface area contributed by atoms with Gasteiger partial charge in [0.05, 0.1) is 22.8 Å². The smallest absolute Gasteiger partial charge is 0.410 e. The molecule has 3 heterocycles. The fourth-order valence-electron chi connectivity index (χ4n) is 6.00. The van der Waals surface area contributed by atoms with Crippen LogP contribution in [0, 0.1) is 12.7 Å². The number of nitrogens with one attached hydrogen (secondary N) is 1. The molecule has 0 unspecified atom stereocenters. The van der Waals surface area contributed by atoms with Crippen LogP contribution in [0.4, 0.5) is 15.1 Å². The fraction of sp³-hybridized carbons (Fsp3) is 0.316. The molecule has 1 atom stereocenters. The summed E-state index contributed by atoms with van der Waals surface area (Å²) in [4.78, 5) is 28.2. The van der Waals surface area contributed by atoms with Crippen LogP contribution in [0.25, 0.3) is 22.0 Å². The van der Waals surface area contributed by atoms with Gasteiger partial charge in [-0.15, -0.1) is 0 Å². The number of hydrogen-bond donors (Lipinski definition) is 1. The number of halogens is 1. The molecule has 5 aromatic rings. The zero-order chi connectivity index (χ0) is 35.5. The average Bonchev–Trinajstić information content (AvgIpc) is 3.07. The second-order valence-corrected chi connectivity index (χ2v) is 15.6. The van der Waals surface area contributed by atoms with Crippen molar-refractivity contribution < 1.29 is 27.1 Å². The van der Waals surface area contributed by atoms with Crippen molar-refractivity contribution in [2.24, 2.45) is 0 Å². The van der Waals surface area contributed by atoms with E-state index in [1.807, 2.05) is 58.0 Å². The molecule has 1 N–H and O–H groups in total. The number of rotatable bonds is 9. The third-order valence-electron chi connectivity index (χ3n) is 8.28. The maximum atomic E-state index is 13.4. The van der Waals surface area contributed by atoms with Crippen molar-refractivity contribution in [3.05, 3.63) is 108 Å². The molecule has 260 valence electrons. The van der Waals surface area contributed by atoms with E-state index in [4.69, 9.17) is 14.5 Å².